The third kappa shape index (κ3) is 4.54. The number of carbonyl (C=O) groups is 2. The summed E-state index contributed by atoms with van der Waals surface area (Å²) < 4.78 is 5.26. The van der Waals surface area contributed by atoms with Crippen LogP contribution in [-0.4, -0.2) is 31.6 Å². The predicted octanol–water partition coefficient (Wildman–Crippen LogP) is 0.889. The van der Waals surface area contributed by atoms with E-state index in [1.165, 1.54) is 0 Å². The van der Waals surface area contributed by atoms with Gasteiger partial charge in [-0.3, -0.25) is 9.59 Å². The molecule has 1 aliphatic heterocycles. The quantitative estimate of drug-likeness (QED) is 0.813. The fourth-order valence-corrected chi connectivity index (χ4v) is 2.63. The van der Waals surface area contributed by atoms with Crippen molar-refractivity contribution in [1.82, 2.24) is 5.32 Å². The lowest BCUT2D eigenvalue weighted by Gasteiger charge is -2.34. The first-order valence-electron chi connectivity index (χ1n) is 7.69. The summed E-state index contributed by atoms with van der Waals surface area (Å²) in [7, 11) is 0. The molecule has 1 heterocycles. The van der Waals surface area contributed by atoms with Crippen molar-refractivity contribution in [2.45, 2.75) is 25.7 Å². The van der Waals surface area contributed by atoms with Crippen molar-refractivity contribution in [2.75, 3.05) is 19.8 Å². The second-order valence-corrected chi connectivity index (χ2v) is 5.84. The van der Waals surface area contributed by atoms with Crippen LogP contribution in [-0.2, 0) is 20.7 Å². The van der Waals surface area contributed by atoms with Crippen molar-refractivity contribution in [1.29, 1.82) is 5.26 Å². The molecule has 0 radical (unpaired) electrons. The Morgan fingerprint density at radius 3 is 2.48 bits per heavy atom. The molecule has 2 rings (SSSR count). The molecule has 0 unspecified atom stereocenters. The van der Waals surface area contributed by atoms with Crippen LogP contribution < -0.4 is 11.1 Å². The van der Waals surface area contributed by atoms with Gasteiger partial charge in [0.25, 0.3) is 0 Å². The van der Waals surface area contributed by atoms with Crippen molar-refractivity contribution >= 4 is 11.8 Å². The van der Waals surface area contributed by atoms with E-state index >= 15 is 0 Å². The normalized spacial score (nSPS) is 16.3. The summed E-state index contributed by atoms with van der Waals surface area (Å²) in [4.78, 5) is 23.7. The molecule has 0 spiro atoms. The number of amides is 2. The average Bonchev–Trinajstić information content (AvgIpc) is 2.59. The van der Waals surface area contributed by atoms with Crippen molar-refractivity contribution in [2.24, 2.45) is 11.1 Å². The molecule has 6 nitrogen and oxygen atoms in total. The summed E-state index contributed by atoms with van der Waals surface area (Å²) >= 11 is 0. The van der Waals surface area contributed by atoms with Crippen molar-refractivity contribution in [3.8, 4) is 6.07 Å². The average molecular weight is 315 g/mol. The van der Waals surface area contributed by atoms with Gasteiger partial charge < -0.3 is 15.8 Å². The maximum absolute atomic E-state index is 12.0. The lowest BCUT2D eigenvalue weighted by molar-refractivity contribution is -0.134. The monoisotopic (exact) mass is 315 g/mol. The Labute approximate surface area is 135 Å². The van der Waals surface area contributed by atoms with Crippen LogP contribution in [0.3, 0.4) is 0 Å². The molecular weight excluding hydrogens is 294 g/mol. The highest BCUT2D eigenvalue weighted by atomic mass is 16.5. The maximum atomic E-state index is 12.0. The minimum Gasteiger partial charge on any atom is -0.381 e. The first kappa shape index (κ1) is 17.0. The molecule has 0 atom stereocenters. The highest BCUT2D eigenvalue weighted by Gasteiger charge is 2.38. The van der Waals surface area contributed by atoms with Crippen LogP contribution in [0.25, 0.3) is 0 Å². The number of hydrogen-bond donors (Lipinski definition) is 2. The Hall–Kier alpha value is -2.39. The van der Waals surface area contributed by atoms with Crippen LogP contribution in [0.15, 0.2) is 24.3 Å². The number of aryl methyl sites for hydroxylation is 1. The molecule has 0 bridgehead atoms. The smallest absolute Gasteiger partial charge is 0.225 e. The summed E-state index contributed by atoms with van der Waals surface area (Å²) in [5, 5.41) is 11.6. The minimum atomic E-state index is -0.692. The van der Waals surface area contributed by atoms with Gasteiger partial charge >= 0.3 is 0 Å². The van der Waals surface area contributed by atoms with Gasteiger partial charge in [0.05, 0.1) is 17.0 Å². The third-order valence-electron chi connectivity index (χ3n) is 4.32. The number of carbonyl (C=O) groups excluding carboxylic acids is 2. The van der Waals surface area contributed by atoms with Gasteiger partial charge in [0, 0.05) is 26.2 Å². The summed E-state index contributed by atoms with van der Waals surface area (Å²) in [6, 6.07) is 9.21. The zero-order valence-electron chi connectivity index (χ0n) is 13.0. The van der Waals surface area contributed by atoms with Crippen molar-refractivity contribution < 1.29 is 14.3 Å². The molecule has 1 aliphatic rings. The zero-order chi connectivity index (χ0) is 16.7. The number of nitriles is 1. The number of nitrogens with one attached hydrogen (secondary N) is 1. The largest absolute Gasteiger partial charge is 0.381 e. The molecule has 6 heteroatoms. The minimum absolute atomic E-state index is 0.110. The maximum Gasteiger partial charge on any atom is 0.225 e. The number of ether oxygens (including phenoxy) is 1. The number of nitrogens with zero attached hydrogens (tertiary/aromatic N) is 1. The molecule has 1 saturated heterocycles. The van der Waals surface area contributed by atoms with Crippen LogP contribution in [0, 0.1) is 16.7 Å². The third-order valence-corrected chi connectivity index (χ3v) is 4.32. The van der Waals surface area contributed by atoms with E-state index in [1.807, 2.05) is 12.1 Å². The summed E-state index contributed by atoms with van der Waals surface area (Å²) in [6.07, 6.45) is 2.00. The molecule has 122 valence electrons. The lowest BCUT2D eigenvalue weighted by Crippen LogP contribution is -2.49. The molecule has 0 aromatic heterocycles. The Balaban J connectivity index is 1.82. The topological polar surface area (TPSA) is 105 Å². The molecule has 0 aliphatic carbocycles. The highest BCUT2D eigenvalue weighted by molar-refractivity contribution is 5.83. The standard InChI is InChI=1S/C17H21N3O3/c18-11-14-3-1-13(2-4-14)5-6-15(21)20-12-17(16(19)22)7-9-23-10-8-17/h1-4H,5-10,12H2,(H2,19,22)(H,20,21). The molecule has 1 aromatic carbocycles. The SMILES string of the molecule is N#Cc1ccc(CCC(=O)NCC2(C(N)=O)CCOCC2)cc1. The zero-order valence-corrected chi connectivity index (χ0v) is 13.0. The first-order chi connectivity index (χ1) is 11.1. The Kier molecular flexibility index (Phi) is 5.72. The number of primary amides is 1. The van der Waals surface area contributed by atoms with Gasteiger partial charge in [-0.15, -0.1) is 0 Å². The lowest BCUT2D eigenvalue weighted by atomic mass is 9.79. The summed E-state index contributed by atoms with van der Waals surface area (Å²) in [5.41, 5.74) is 6.41. The van der Waals surface area contributed by atoms with E-state index < -0.39 is 5.41 Å². The van der Waals surface area contributed by atoms with Crippen molar-refractivity contribution in [3.63, 3.8) is 0 Å². The molecule has 0 saturated carbocycles. The highest BCUT2D eigenvalue weighted by Crippen LogP contribution is 2.29. The van der Waals surface area contributed by atoms with Gasteiger partial charge in [-0.05, 0) is 37.0 Å². The molecule has 1 aromatic rings. The fraction of sp³-hybridized carbons (Fsp3) is 0.471. The van der Waals surface area contributed by atoms with Gasteiger partial charge in [0.2, 0.25) is 11.8 Å². The first-order valence-corrected chi connectivity index (χ1v) is 7.69. The Morgan fingerprint density at radius 1 is 1.26 bits per heavy atom. The van der Waals surface area contributed by atoms with E-state index in [1.54, 1.807) is 12.1 Å². The number of benzene rings is 1. The van der Waals surface area contributed by atoms with Gasteiger partial charge in [0.1, 0.15) is 0 Å². The summed E-state index contributed by atoms with van der Waals surface area (Å²) in [5.74, 6) is -0.491. The Bertz CT molecular complexity index is 599. The molecule has 3 N–H and O–H groups in total. The number of hydrogen-bond acceptors (Lipinski definition) is 4. The van der Waals surface area contributed by atoms with Crippen LogP contribution in [0.5, 0.6) is 0 Å². The van der Waals surface area contributed by atoms with Gasteiger partial charge in [-0.1, -0.05) is 12.1 Å². The molecular formula is C17H21N3O3. The second-order valence-electron chi connectivity index (χ2n) is 5.84. The molecule has 23 heavy (non-hydrogen) atoms. The Morgan fingerprint density at radius 2 is 1.91 bits per heavy atom. The molecule has 1 fully saturated rings. The number of nitrogens with two attached hydrogens (primary N) is 1. The van der Waals surface area contributed by atoms with Gasteiger partial charge in [-0.25, -0.2) is 0 Å². The van der Waals surface area contributed by atoms with Crippen LogP contribution >= 0.6 is 0 Å². The van der Waals surface area contributed by atoms with E-state index in [0.717, 1.165) is 5.56 Å². The van der Waals surface area contributed by atoms with E-state index in [0.29, 0.717) is 44.5 Å². The van der Waals surface area contributed by atoms with Crippen molar-refractivity contribution in [3.05, 3.63) is 35.4 Å². The summed E-state index contributed by atoms with van der Waals surface area (Å²) in [6.45, 7) is 1.24. The number of rotatable bonds is 6. The van der Waals surface area contributed by atoms with E-state index in [-0.39, 0.29) is 18.4 Å². The fourth-order valence-electron chi connectivity index (χ4n) is 2.63. The van der Waals surface area contributed by atoms with E-state index in [4.69, 9.17) is 15.7 Å². The van der Waals surface area contributed by atoms with Crippen LogP contribution in [0.1, 0.15) is 30.4 Å². The van der Waals surface area contributed by atoms with E-state index in [9.17, 15) is 9.59 Å². The van der Waals surface area contributed by atoms with Gasteiger partial charge in [0.15, 0.2) is 0 Å². The molecule has 2 amide bonds. The van der Waals surface area contributed by atoms with E-state index in [2.05, 4.69) is 11.4 Å². The van der Waals surface area contributed by atoms with Crippen LogP contribution in [0.4, 0.5) is 0 Å². The second kappa shape index (κ2) is 7.75. The predicted molar refractivity (Wildman–Crippen MR) is 84.2 cm³/mol. The van der Waals surface area contributed by atoms with Crippen LogP contribution in [0.2, 0.25) is 0 Å². The van der Waals surface area contributed by atoms with Gasteiger partial charge in [-0.2, -0.15) is 5.26 Å².